The number of para-hydroxylation sites is 2. The number of unbranched alkanes of at least 4 members (excludes halogenated alkanes) is 3. The number of benzene rings is 5. The zero-order chi connectivity index (χ0) is 40.7. The quantitative estimate of drug-likeness (QED) is 0.0334. The van der Waals surface area contributed by atoms with E-state index in [-0.39, 0.29) is 36.5 Å². The average molecular weight is 801 g/mol. The highest BCUT2D eigenvalue weighted by atomic mass is 32.2. The third-order valence-electron chi connectivity index (χ3n) is 10.0. The first kappa shape index (κ1) is 42.2. The highest BCUT2D eigenvalue weighted by molar-refractivity contribution is 7.99. The van der Waals surface area contributed by atoms with Crippen molar-refractivity contribution < 1.29 is 29.0 Å². The number of carbonyl (C=O) groups is 3. The van der Waals surface area contributed by atoms with Gasteiger partial charge in [0.05, 0.1) is 30.2 Å². The minimum Gasteiger partial charge on any atom is -0.397 e. The van der Waals surface area contributed by atoms with Crippen LogP contribution in [-0.4, -0.2) is 34.7 Å². The molecule has 3 unspecified atom stereocenters. The normalized spacial score (nSPS) is 16.3. The molecule has 5 aromatic carbocycles. The molecule has 5 aromatic rings. The van der Waals surface area contributed by atoms with Gasteiger partial charge in [0.15, 0.2) is 6.29 Å². The van der Waals surface area contributed by atoms with Gasteiger partial charge >= 0.3 is 0 Å². The lowest BCUT2D eigenvalue weighted by Crippen LogP contribution is -2.31. The van der Waals surface area contributed by atoms with Gasteiger partial charge in [-0.05, 0) is 77.1 Å². The van der Waals surface area contributed by atoms with Crippen molar-refractivity contribution in [2.45, 2.75) is 88.4 Å². The summed E-state index contributed by atoms with van der Waals surface area (Å²) in [6.07, 6.45) is 3.89. The van der Waals surface area contributed by atoms with Crippen molar-refractivity contribution in [3.63, 3.8) is 0 Å². The number of anilines is 3. The summed E-state index contributed by atoms with van der Waals surface area (Å²) in [5.41, 5.74) is 13.7. The third kappa shape index (κ3) is 12.5. The van der Waals surface area contributed by atoms with Crippen LogP contribution in [0.2, 0.25) is 0 Å². The number of hydrogen-bond donors (Lipinski definition) is 5. The predicted octanol–water partition coefficient (Wildman–Crippen LogP) is 9.32. The number of ether oxygens (including phenoxy) is 2. The summed E-state index contributed by atoms with van der Waals surface area (Å²) in [6.45, 7) is 1.89. The Morgan fingerprint density at radius 3 is 2.12 bits per heavy atom. The lowest BCUT2D eigenvalue weighted by Gasteiger charge is -2.36. The van der Waals surface area contributed by atoms with E-state index in [1.807, 2.05) is 91.0 Å². The van der Waals surface area contributed by atoms with Crippen LogP contribution in [0.5, 0.6) is 0 Å². The van der Waals surface area contributed by atoms with Crippen molar-refractivity contribution in [2.24, 2.45) is 0 Å². The van der Waals surface area contributed by atoms with Gasteiger partial charge in [-0.3, -0.25) is 14.4 Å². The van der Waals surface area contributed by atoms with Gasteiger partial charge in [-0.15, -0.1) is 11.8 Å². The van der Waals surface area contributed by atoms with Crippen molar-refractivity contribution in [2.75, 3.05) is 22.1 Å². The summed E-state index contributed by atoms with van der Waals surface area (Å²) >= 11 is 1.70. The van der Waals surface area contributed by atoms with E-state index in [0.29, 0.717) is 42.9 Å². The Morgan fingerprint density at radius 1 is 0.741 bits per heavy atom. The van der Waals surface area contributed by atoms with E-state index in [4.69, 9.17) is 15.2 Å². The molecule has 6 rings (SSSR count). The van der Waals surface area contributed by atoms with Crippen molar-refractivity contribution in [1.29, 1.82) is 0 Å². The van der Waals surface area contributed by atoms with Gasteiger partial charge in [0, 0.05) is 54.6 Å². The summed E-state index contributed by atoms with van der Waals surface area (Å²) < 4.78 is 13.2. The van der Waals surface area contributed by atoms with Gasteiger partial charge in [-0.1, -0.05) is 97.8 Å². The van der Waals surface area contributed by atoms with Crippen molar-refractivity contribution in [1.82, 2.24) is 5.32 Å². The number of aliphatic hydroxyl groups excluding tert-OH is 1. The molecule has 58 heavy (non-hydrogen) atoms. The van der Waals surface area contributed by atoms with Crippen LogP contribution in [0.4, 0.5) is 17.1 Å². The number of thioether (sulfide) groups is 1. The first-order chi connectivity index (χ1) is 28.2. The number of nitrogens with one attached hydrogen (secondary N) is 3. The standard InChI is InChI=1S/C47H52N4O6S/c1-32(53)50-38-24-26-40(27-25-38)58-31-39-28-44(35-18-16-33(30-52)17-19-35)57-47(56-39)36-22-20-34(21-23-36)41-11-7-6-10-37(41)29-49-45(54)14-4-2-3-5-15-46(55)51-43-13-9-8-12-42(43)48/h6-13,16-27,39,44,47,52H,2-5,14-15,28-31,48H2,1H3,(H,49,54)(H,50,53)(H,51,55). The maximum atomic E-state index is 12.8. The number of nitrogens with two attached hydrogens (primary N) is 1. The molecule has 1 fully saturated rings. The molecule has 11 heteroatoms. The Kier molecular flexibility index (Phi) is 15.5. The lowest BCUT2D eigenvalue weighted by molar-refractivity contribution is -0.245. The third-order valence-corrected chi connectivity index (χ3v) is 11.1. The molecule has 1 aliphatic heterocycles. The maximum absolute atomic E-state index is 12.8. The van der Waals surface area contributed by atoms with Gasteiger partial charge < -0.3 is 36.3 Å². The molecule has 6 N–H and O–H groups in total. The Balaban J connectivity index is 1.01. The van der Waals surface area contributed by atoms with E-state index in [1.54, 1.807) is 23.9 Å². The van der Waals surface area contributed by atoms with E-state index in [0.717, 1.165) is 69.6 Å². The van der Waals surface area contributed by atoms with E-state index in [1.165, 1.54) is 6.92 Å². The SMILES string of the molecule is CC(=O)Nc1ccc(SCC2CC(c3ccc(CO)cc3)OC(c3ccc(-c4ccccc4CNC(=O)CCCCCCC(=O)Nc4ccccc4N)cc3)O2)cc1. The monoisotopic (exact) mass is 800 g/mol. The number of hydrogen-bond acceptors (Lipinski definition) is 8. The Morgan fingerprint density at radius 2 is 1.41 bits per heavy atom. The average Bonchev–Trinajstić information content (AvgIpc) is 3.24. The molecule has 1 saturated heterocycles. The molecule has 1 aliphatic rings. The summed E-state index contributed by atoms with van der Waals surface area (Å²) in [6, 6.07) is 39.2. The molecule has 1 heterocycles. The molecule has 0 saturated carbocycles. The van der Waals surface area contributed by atoms with Gasteiger partial charge in [-0.25, -0.2) is 0 Å². The van der Waals surface area contributed by atoms with E-state index < -0.39 is 6.29 Å². The highest BCUT2D eigenvalue weighted by Crippen LogP contribution is 2.40. The van der Waals surface area contributed by atoms with Gasteiger partial charge in [-0.2, -0.15) is 0 Å². The lowest BCUT2D eigenvalue weighted by atomic mass is 9.97. The number of nitrogen functional groups attached to an aromatic ring is 1. The second-order valence-electron chi connectivity index (χ2n) is 14.5. The van der Waals surface area contributed by atoms with E-state index in [2.05, 4.69) is 34.1 Å². The van der Waals surface area contributed by atoms with Crippen molar-refractivity contribution in [3.05, 3.63) is 144 Å². The van der Waals surface area contributed by atoms with E-state index >= 15 is 0 Å². The molecule has 0 aromatic heterocycles. The van der Waals surface area contributed by atoms with E-state index in [9.17, 15) is 19.5 Å². The number of rotatable bonds is 18. The maximum Gasteiger partial charge on any atom is 0.224 e. The molecule has 302 valence electrons. The molecule has 0 bridgehead atoms. The fourth-order valence-electron chi connectivity index (χ4n) is 6.86. The van der Waals surface area contributed by atoms with Crippen molar-refractivity contribution in [3.8, 4) is 11.1 Å². The zero-order valence-corrected chi connectivity index (χ0v) is 33.6. The van der Waals surface area contributed by atoms with Crippen LogP contribution < -0.4 is 21.7 Å². The van der Waals surface area contributed by atoms with Crippen LogP contribution in [0.25, 0.3) is 11.1 Å². The van der Waals surface area contributed by atoms with Crippen LogP contribution in [-0.2, 0) is 37.0 Å². The number of aliphatic hydroxyl groups is 1. The largest absolute Gasteiger partial charge is 0.397 e. The van der Waals surface area contributed by atoms with Crippen LogP contribution in [0.15, 0.2) is 126 Å². The fraction of sp³-hybridized carbons (Fsp3) is 0.298. The topological polar surface area (TPSA) is 152 Å². The molecule has 3 amide bonds. The van der Waals surface area contributed by atoms with Crippen LogP contribution in [0, 0.1) is 0 Å². The predicted molar refractivity (Wildman–Crippen MR) is 231 cm³/mol. The Hall–Kier alpha value is -5.46. The van der Waals surface area contributed by atoms with Gasteiger partial charge in [0.2, 0.25) is 17.7 Å². The Bertz CT molecular complexity index is 2110. The van der Waals surface area contributed by atoms with Gasteiger partial charge in [0.1, 0.15) is 0 Å². The summed E-state index contributed by atoms with van der Waals surface area (Å²) in [5.74, 6) is 0.557. The Labute approximate surface area is 344 Å². The highest BCUT2D eigenvalue weighted by Gasteiger charge is 2.32. The second kappa shape index (κ2) is 21.3. The molecule has 0 aliphatic carbocycles. The smallest absolute Gasteiger partial charge is 0.224 e. The first-order valence-electron chi connectivity index (χ1n) is 19.8. The second-order valence-corrected chi connectivity index (χ2v) is 15.6. The summed E-state index contributed by atoms with van der Waals surface area (Å²) in [7, 11) is 0. The molecule has 10 nitrogen and oxygen atoms in total. The van der Waals surface area contributed by atoms with Crippen molar-refractivity contribution >= 4 is 46.5 Å². The zero-order valence-electron chi connectivity index (χ0n) is 32.8. The van der Waals surface area contributed by atoms with Crippen LogP contribution in [0.3, 0.4) is 0 Å². The minimum absolute atomic E-state index is 0.00400. The summed E-state index contributed by atoms with van der Waals surface area (Å²) in [4.78, 5) is 37.6. The molecular weight excluding hydrogens is 749 g/mol. The molecule has 0 spiro atoms. The molecular formula is C47H52N4O6S. The number of amides is 3. The first-order valence-corrected chi connectivity index (χ1v) is 20.8. The molecule has 3 atom stereocenters. The minimum atomic E-state index is -0.585. The number of carbonyl (C=O) groups excluding carboxylic acids is 3. The fourth-order valence-corrected chi connectivity index (χ4v) is 7.78. The van der Waals surface area contributed by atoms with Crippen LogP contribution >= 0.6 is 11.8 Å². The molecule has 0 radical (unpaired) electrons. The summed E-state index contributed by atoms with van der Waals surface area (Å²) in [5, 5.41) is 18.3. The van der Waals surface area contributed by atoms with Gasteiger partial charge in [0.25, 0.3) is 0 Å². The van der Waals surface area contributed by atoms with Crippen LogP contribution in [0.1, 0.15) is 86.5 Å².